The van der Waals surface area contributed by atoms with Crippen molar-refractivity contribution in [2.24, 2.45) is 5.14 Å². The Hall–Kier alpha value is -2.71. The minimum absolute atomic E-state index is 0.130. The zero-order valence-corrected chi connectivity index (χ0v) is 20.5. The molecule has 170 valence electrons. The van der Waals surface area contributed by atoms with Crippen molar-refractivity contribution in [3.05, 3.63) is 124 Å². The molecule has 0 aliphatic carbocycles. The lowest BCUT2D eigenvalue weighted by Crippen LogP contribution is -2.29. The fourth-order valence-electron chi connectivity index (χ4n) is 4.13. The summed E-state index contributed by atoms with van der Waals surface area (Å²) >= 11 is 3.35. The summed E-state index contributed by atoms with van der Waals surface area (Å²) in [6.45, 7) is 2.41. The molecule has 3 N–H and O–H groups in total. The smallest absolute Gasteiger partial charge is 0.238 e. The fourth-order valence-corrected chi connectivity index (χ4v) is 5.24. The number of rotatable bonds is 8. The Labute approximate surface area is 202 Å². The van der Waals surface area contributed by atoms with Crippen molar-refractivity contribution in [1.82, 2.24) is 5.32 Å². The molecule has 0 aliphatic rings. The van der Waals surface area contributed by atoms with Crippen LogP contribution in [-0.2, 0) is 16.6 Å². The van der Waals surface area contributed by atoms with E-state index in [2.05, 4.69) is 21.2 Å². The van der Waals surface area contributed by atoms with Crippen LogP contribution in [0.5, 0.6) is 0 Å². The van der Waals surface area contributed by atoms with E-state index in [0.29, 0.717) is 16.8 Å². The molecular weight excluding hydrogens is 500 g/mol. The van der Waals surface area contributed by atoms with Gasteiger partial charge < -0.3 is 9.73 Å². The highest BCUT2D eigenvalue weighted by Crippen LogP contribution is 2.40. The minimum Gasteiger partial charge on any atom is -0.453 e. The highest BCUT2D eigenvalue weighted by molar-refractivity contribution is 9.10. The average molecular weight is 525 g/mol. The summed E-state index contributed by atoms with van der Waals surface area (Å²) in [4.78, 5) is 0.130. The number of aryl methyl sites for hydroxylation is 1. The number of nitrogens with two attached hydrogens (primary N) is 1. The number of hydrogen-bond acceptors (Lipinski definition) is 4. The molecule has 5 nitrogen and oxygen atoms in total. The molecule has 3 aromatic carbocycles. The highest BCUT2D eigenvalue weighted by Gasteiger charge is 2.31. The van der Waals surface area contributed by atoms with Crippen LogP contribution < -0.4 is 10.5 Å². The maximum Gasteiger partial charge on any atom is 0.238 e. The lowest BCUT2D eigenvalue weighted by molar-refractivity contribution is 0.418. The van der Waals surface area contributed by atoms with Gasteiger partial charge in [0.1, 0.15) is 5.76 Å². The number of furan rings is 1. The molecule has 4 rings (SSSR count). The van der Waals surface area contributed by atoms with E-state index in [1.165, 1.54) is 0 Å². The van der Waals surface area contributed by atoms with Crippen LogP contribution in [0.4, 0.5) is 0 Å². The Bertz CT molecular complexity index is 1320. The Morgan fingerprint density at radius 1 is 0.909 bits per heavy atom. The van der Waals surface area contributed by atoms with E-state index in [4.69, 9.17) is 9.56 Å². The second-order valence-electron chi connectivity index (χ2n) is 7.95. The van der Waals surface area contributed by atoms with Crippen molar-refractivity contribution in [3.63, 3.8) is 0 Å². The van der Waals surface area contributed by atoms with Gasteiger partial charge in [-0.1, -0.05) is 78.4 Å². The summed E-state index contributed by atoms with van der Waals surface area (Å²) in [6.07, 6.45) is 0. The maximum atomic E-state index is 12.6. The van der Waals surface area contributed by atoms with Gasteiger partial charge in [-0.2, -0.15) is 0 Å². The zero-order chi connectivity index (χ0) is 23.4. The first-order chi connectivity index (χ1) is 15.8. The summed E-state index contributed by atoms with van der Waals surface area (Å²) < 4.78 is 31.5. The number of hydrogen-bond donors (Lipinski definition) is 2. The normalized spacial score (nSPS) is 13.5. The lowest BCUT2D eigenvalue weighted by Gasteiger charge is -2.31. The van der Waals surface area contributed by atoms with Crippen molar-refractivity contribution < 1.29 is 12.8 Å². The molecule has 0 amide bonds. The molecule has 1 aromatic heterocycles. The van der Waals surface area contributed by atoms with Crippen LogP contribution in [0, 0.1) is 6.92 Å². The first-order valence-corrected chi connectivity index (χ1v) is 12.9. The molecule has 1 heterocycles. The van der Waals surface area contributed by atoms with Crippen molar-refractivity contribution in [2.45, 2.75) is 30.3 Å². The SMILES string of the molecule is Cc1ccc(S(N)(=O)=O)c(C(c2ccccc2)C(NCc2ccc(Br)o2)c2ccccc2)c1. The molecule has 2 atom stereocenters. The minimum atomic E-state index is -3.94. The van der Waals surface area contributed by atoms with E-state index < -0.39 is 10.0 Å². The summed E-state index contributed by atoms with van der Waals surface area (Å²) in [5.41, 5.74) is 3.62. The van der Waals surface area contributed by atoms with Crippen LogP contribution >= 0.6 is 15.9 Å². The van der Waals surface area contributed by atoms with Crippen LogP contribution in [0.3, 0.4) is 0 Å². The Morgan fingerprint density at radius 2 is 1.55 bits per heavy atom. The van der Waals surface area contributed by atoms with E-state index in [0.717, 1.165) is 22.5 Å². The van der Waals surface area contributed by atoms with Gasteiger partial charge in [-0.15, -0.1) is 0 Å². The Morgan fingerprint density at radius 3 is 2.12 bits per heavy atom. The predicted octanol–water partition coefficient (Wildman–Crippen LogP) is 5.66. The quantitative estimate of drug-likeness (QED) is 0.311. The predicted molar refractivity (Wildman–Crippen MR) is 133 cm³/mol. The second-order valence-corrected chi connectivity index (χ2v) is 10.3. The van der Waals surface area contributed by atoms with Gasteiger partial charge in [0.2, 0.25) is 10.0 Å². The average Bonchev–Trinajstić information content (AvgIpc) is 3.22. The van der Waals surface area contributed by atoms with Gasteiger partial charge in [-0.3, -0.25) is 0 Å². The number of primary sulfonamides is 1. The molecule has 0 saturated carbocycles. The first-order valence-electron chi connectivity index (χ1n) is 10.5. The van der Waals surface area contributed by atoms with E-state index in [9.17, 15) is 8.42 Å². The highest BCUT2D eigenvalue weighted by atomic mass is 79.9. The van der Waals surface area contributed by atoms with E-state index >= 15 is 0 Å². The molecule has 0 bridgehead atoms. The van der Waals surface area contributed by atoms with Gasteiger partial charge in [-0.05, 0) is 57.7 Å². The van der Waals surface area contributed by atoms with Crippen LogP contribution in [-0.4, -0.2) is 8.42 Å². The number of nitrogens with one attached hydrogen (secondary N) is 1. The number of halogens is 1. The molecule has 0 fully saturated rings. The maximum absolute atomic E-state index is 12.6. The molecule has 0 radical (unpaired) electrons. The van der Waals surface area contributed by atoms with Crippen molar-refractivity contribution in [3.8, 4) is 0 Å². The van der Waals surface area contributed by atoms with E-state index in [-0.39, 0.29) is 16.9 Å². The van der Waals surface area contributed by atoms with Crippen LogP contribution in [0.25, 0.3) is 0 Å². The monoisotopic (exact) mass is 524 g/mol. The molecule has 7 heteroatoms. The van der Waals surface area contributed by atoms with Gasteiger partial charge in [-0.25, -0.2) is 13.6 Å². The number of benzene rings is 3. The molecule has 4 aromatic rings. The van der Waals surface area contributed by atoms with Gasteiger partial charge >= 0.3 is 0 Å². The molecule has 0 saturated heterocycles. The third-order valence-corrected chi connectivity index (χ3v) is 6.99. The van der Waals surface area contributed by atoms with Crippen molar-refractivity contribution in [1.29, 1.82) is 0 Å². The molecule has 2 unspecified atom stereocenters. The number of sulfonamides is 1. The van der Waals surface area contributed by atoms with Crippen molar-refractivity contribution >= 4 is 26.0 Å². The molecule has 0 spiro atoms. The van der Waals surface area contributed by atoms with Gasteiger partial charge in [0, 0.05) is 12.0 Å². The Kier molecular flexibility index (Phi) is 7.14. The van der Waals surface area contributed by atoms with Gasteiger partial charge in [0.15, 0.2) is 4.67 Å². The second kappa shape index (κ2) is 10.1. The van der Waals surface area contributed by atoms with E-state index in [1.54, 1.807) is 12.1 Å². The van der Waals surface area contributed by atoms with Gasteiger partial charge in [0.25, 0.3) is 0 Å². The van der Waals surface area contributed by atoms with Crippen LogP contribution in [0.2, 0.25) is 0 Å². The van der Waals surface area contributed by atoms with Crippen molar-refractivity contribution in [2.75, 3.05) is 0 Å². The van der Waals surface area contributed by atoms with Crippen LogP contribution in [0.15, 0.2) is 105 Å². The first kappa shape index (κ1) is 23.4. The summed E-state index contributed by atoms with van der Waals surface area (Å²) in [7, 11) is -3.94. The lowest BCUT2D eigenvalue weighted by atomic mass is 9.81. The Balaban J connectivity index is 1.89. The fraction of sp³-hybridized carbons (Fsp3) is 0.154. The van der Waals surface area contributed by atoms with Crippen LogP contribution in [0.1, 0.15) is 40.0 Å². The summed E-state index contributed by atoms with van der Waals surface area (Å²) in [5.74, 6) is 0.450. The third kappa shape index (κ3) is 5.62. The zero-order valence-electron chi connectivity index (χ0n) is 18.1. The van der Waals surface area contributed by atoms with Gasteiger partial charge in [0.05, 0.1) is 11.4 Å². The standard InChI is InChI=1S/C26H25BrN2O3S/c1-18-12-14-23(33(28,30)31)22(16-18)25(19-8-4-2-5-9-19)26(20-10-6-3-7-11-20)29-17-21-13-15-24(27)32-21/h2-16,25-26,29H,17H2,1H3,(H2,28,30,31). The molecule has 33 heavy (non-hydrogen) atoms. The summed E-state index contributed by atoms with van der Waals surface area (Å²) in [5, 5.41) is 9.27. The molecular formula is C26H25BrN2O3S. The topological polar surface area (TPSA) is 85.3 Å². The van der Waals surface area contributed by atoms with E-state index in [1.807, 2.05) is 85.8 Å². The third-order valence-electron chi connectivity index (χ3n) is 5.58. The largest absolute Gasteiger partial charge is 0.453 e. The summed E-state index contributed by atoms with van der Waals surface area (Å²) in [6, 6.07) is 28.7. The molecule has 0 aliphatic heterocycles.